The zero-order valence-corrected chi connectivity index (χ0v) is 12.2. The van der Waals surface area contributed by atoms with Crippen molar-refractivity contribution in [2.45, 2.75) is 0 Å². The number of halogens is 1. The molecule has 0 fully saturated rings. The van der Waals surface area contributed by atoms with Gasteiger partial charge in [-0.25, -0.2) is 0 Å². The Morgan fingerprint density at radius 1 is 1.45 bits per heavy atom. The van der Waals surface area contributed by atoms with E-state index in [1.165, 1.54) is 12.1 Å². The minimum Gasteiger partial charge on any atom is -0.478 e. The van der Waals surface area contributed by atoms with Gasteiger partial charge in [-0.05, 0) is 18.2 Å². The van der Waals surface area contributed by atoms with Crippen molar-refractivity contribution in [3.05, 3.63) is 56.8 Å². The van der Waals surface area contributed by atoms with E-state index in [9.17, 15) is 14.9 Å². The van der Waals surface area contributed by atoms with Gasteiger partial charge < -0.3 is 9.30 Å². The molecule has 2 rings (SSSR count). The molecule has 0 saturated carbocycles. The number of hydrogen-bond donors (Lipinski definition) is 0. The minimum atomic E-state index is -0.549. The van der Waals surface area contributed by atoms with Crippen LogP contribution in [0.4, 0.5) is 5.69 Å². The predicted octanol–water partition coefficient (Wildman–Crippen LogP) is 2.96. The highest BCUT2D eigenvalue weighted by Gasteiger charge is 2.17. The third kappa shape index (κ3) is 3.24. The van der Waals surface area contributed by atoms with E-state index in [0.717, 1.165) is 0 Å². The zero-order chi connectivity index (χ0) is 14.7. The third-order valence-corrected chi connectivity index (χ3v) is 3.12. The maximum Gasteiger partial charge on any atom is 0.312 e. The molecule has 0 aliphatic carbocycles. The second-order valence-electron chi connectivity index (χ2n) is 4.15. The van der Waals surface area contributed by atoms with Crippen LogP contribution in [0.2, 0.25) is 0 Å². The fourth-order valence-corrected chi connectivity index (χ4v) is 2.00. The SMILES string of the molecule is Cn1ccc(C(=O)COc2ccc(Br)cc2[N+](=O)[O-])c1. The number of carbonyl (C=O) groups is 1. The number of nitrogens with zero attached hydrogens (tertiary/aromatic N) is 2. The summed E-state index contributed by atoms with van der Waals surface area (Å²) < 4.78 is 7.58. The van der Waals surface area contributed by atoms with E-state index >= 15 is 0 Å². The summed E-state index contributed by atoms with van der Waals surface area (Å²) in [5, 5.41) is 10.9. The molecule has 1 heterocycles. The van der Waals surface area contributed by atoms with E-state index in [2.05, 4.69) is 15.9 Å². The Bertz CT molecular complexity index is 666. The average Bonchev–Trinajstić information content (AvgIpc) is 2.83. The lowest BCUT2D eigenvalue weighted by molar-refractivity contribution is -0.385. The minimum absolute atomic E-state index is 0.0717. The van der Waals surface area contributed by atoms with E-state index in [1.54, 1.807) is 36.1 Å². The van der Waals surface area contributed by atoms with Crippen LogP contribution in [-0.2, 0) is 7.05 Å². The molecule has 0 unspecified atom stereocenters. The number of ether oxygens (including phenoxy) is 1. The molecular formula is C13H11BrN2O4. The van der Waals surface area contributed by atoms with Crippen molar-refractivity contribution in [1.29, 1.82) is 0 Å². The van der Waals surface area contributed by atoms with Crippen molar-refractivity contribution in [1.82, 2.24) is 4.57 Å². The van der Waals surface area contributed by atoms with Gasteiger partial charge in [-0.3, -0.25) is 14.9 Å². The summed E-state index contributed by atoms with van der Waals surface area (Å²) in [4.78, 5) is 22.2. The van der Waals surface area contributed by atoms with Crippen LogP contribution in [0.25, 0.3) is 0 Å². The molecule has 0 aliphatic heterocycles. The highest BCUT2D eigenvalue weighted by Crippen LogP contribution is 2.30. The number of benzene rings is 1. The fourth-order valence-electron chi connectivity index (χ4n) is 1.65. The van der Waals surface area contributed by atoms with Crippen molar-refractivity contribution in [3.63, 3.8) is 0 Å². The van der Waals surface area contributed by atoms with Gasteiger partial charge in [-0.2, -0.15) is 0 Å². The Morgan fingerprint density at radius 2 is 2.20 bits per heavy atom. The highest BCUT2D eigenvalue weighted by atomic mass is 79.9. The van der Waals surface area contributed by atoms with Gasteiger partial charge in [0, 0.05) is 35.5 Å². The van der Waals surface area contributed by atoms with E-state index in [4.69, 9.17) is 4.74 Å². The molecule has 1 aromatic heterocycles. The first kappa shape index (κ1) is 14.3. The Morgan fingerprint density at radius 3 is 2.80 bits per heavy atom. The first-order valence-electron chi connectivity index (χ1n) is 5.69. The second-order valence-corrected chi connectivity index (χ2v) is 5.06. The number of ketones is 1. The third-order valence-electron chi connectivity index (χ3n) is 2.63. The number of aromatic nitrogens is 1. The van der Waals surface area contributed by atoms with Crippen molar-refractivity contribution in [3.8, 4) is 5.75 Å². The first-order chi connectivity index (χ1) is 9.47. The topological polar surface area (TPSA) is 74.4 Å². The summed E-state index contributed by atoms with van der Waals surface area (Å²) in [6.07, 6.45) is 3.41. The maximum absolute atomic E-state index is 11.9. The summed E-state index contributed by atoms with van der Waals surface area (Å²) in [6, 6.07) is 6.08. The lowest BCUT2D eigenvalue weighted by Gasteiger charge is -2.05. The van der Waals surface area contributed by atoms with Crippen molar-refractivity contribution >= 4 is 27.4 Å². The van der Waals surface area contributed by atoms with E-state index < -0.39 is 4.92 Å². The molecule has 0 spiro atoms. The maximum atomic E-state index is 11.9. The molecule has 6 nitrogen and oxygen atoms in total. The standard InChI is InChI=1S/C13H11BrN2O4/c1-15-5-4-9(7-15)12(17)8-20-13-3-2-10(14)6-11(13)16(18)19/h2-7H,8H2,1H3. The molecule has 0 N–H and O–H groups in total. The van der Waals surface area contributed by atoms with Crippen LogP contribution in [0.15, 0.2) is 41.1 Å². The van der Waals surface area contributed by atoms with Gasteiger partial charge in [0.25, 0.3) is 0 Å². The number of rotatable bonds is 5. The average molecular weight is 339 g/mol. The predicted molar refractivity (Wildman–Crippen MR) is 76.0 cm³/mol. The van der Waals surface area contributed by atoms with Crippen molar-refractivity contribution < 1.29 is 14.5 Å². The van der Waals surface area contributed by atoms with Gasteiger partial charge in [0.1, 0.15) is 0 Å². The molecular weight excluding hydrogens is 328 g/mol. The van der Waals surface area contributed by atoms with Crippen LogP contribution in [0.3, 0.4) is 0 Å². The number of hydrogen-bond acceptors (Lipinski definition) is 4. The first-order valence-corrected chi connectivity index (χ1v) is 6.48. The number of nitro benzene ring substituents is 1. The molecule has 104 valence electrons. The van der Waals surface area contributed by atoms with E-state index in [0.29, 0.717) is 10.0 Å². The molecule has 0 radical (unpaired) electrons. The highest BCUT2D eigenvalue weighted by molar-refractivity contribution is 9.10. The van der Waals surface area contributed by atoms with Crippen LogP contribution >= 0.6 is 15.9 Å². The van der Waals surface area contributed by atoms with Crippen LogP contribution < -0.4 is 4.74 Å². The summed E-state index contributed by atoms with van der Waals surface area (Å²) in [5.74, 6) is -0.162. The lowest BCUT2D eigenvalue weighted by atomic mass is 10.2. The molecule has 1 aromatic carbocycles. The molecule has 20 heavy (non-hydrogen) atoms. The Labute approximate surface area is 123 Å². The Kier molecular flexibility index (Phi) is 4.19. The summed E-state index contributed by atoms with van der Waals surface area (Å²) in [5.41, 5.74) is 0.326. The van der Waals surface area contributed by atoms with Crippen LogP contribution in [0.1, 0.15) is 10.4 Å². The molecule has 0 aliphatic rings. The molecule has 0 saturated heterocycles. The number of aryl methyl sites for hydroxylation is 1. The smallest absolute Gasteiger partial charge is 0.312 e. The van der Waals surface area contributed by atoms with Gasteiger partial charge in [0.05, 0.1) is 4.92 Å². The Hall–Kier alpha value is -2.15. The number of carbonyl (C=O) groups excluding carboxylic acids is 1. The van der Waals surface area contributed by atoms with Crippen LogP contribution in [-0.4, -0.2) is 21.9 Å². The van der Waals surface area contributed by atoms with Crippen molar-refractivity contribution in [2.75, 3.05) is 6.61 Å². The number of nitro groups is 1. The van der Waals surface area contributed by atoms with E-state index in [-0.39, 0.29) is 23.8 Å². The van der Waals surface area contributed by atoms with Gasteiger partial charge in [-0.1, -0.05) is 15.9 Å². The molecule has 0 atom stereocenters. The van der Waals surface area contributed by atoms with Crippen LogP contribution in [0, 0.1) is 10.1 Å². The van der Waals surface area contributed by atoms with Gasteiger partial charge in [0.15, 0.2) is 12.4 Å². The van der Waals surface area contributed by atoms with Crippen molar-refractivity contribution in [2.24, 2.45) is 7.05 Å². The van der Waals surface area contributed by atoms with E-state index in [1.807, 2.05) is 0 Å². The van der Waals surface area contributed by atoms with Gasteiger partial charge >= 0.3 is 5.69 Å². The summed E-state index contributed by atoms with van der Waals surface area (Å²) in [7, 11) is 1.80. The quantitative estimate of drug-likeness (QED) is 0.477. The lowest BCUT2D eigenvalue weighted by Crippen LogP contribution is -2.11. The monoisotopic (exact) mass is 338 g/mol. The van der Waals surface area contributed by atoms with Crippen LogP contribution in [0.5, 0.6) is 5.75 Å². The normalized spacial score (nSPS) is 10.3. The Balaban J connectivity index is 2.11. The molecule has 2 aromatic rings. The molecule has 7 heteroatoms. The summed E-state index contributed by atoms with van der Waals surface area (Å²) in [6.45, 7) is -0.244. The largest absolute Gasteiger partial charge is 0.478 e. The van der Waals surface area contributed by atoms with Gasteiger partial charge in [-0.15, -0.1) is 0 Å². The summed E-state index contributed by atoms with van der Waals surface area (Å²) >= 11 is 3.15. The zero-order valence-electron chi connectivity index (χ0n) is 10.6. The molecule has 0 bridgehead atoms. The number of Topliss-reactive ketones (excluding diaryl/α,β-unsaturated/α-hetero) is 1. The fraction of sp³-hybridized carbons (Fsp3) is 0.154. The molecule has 0 amide bonds. The van der Waals surface area contributed by atoms with Gasteiger partial charge in [0.2, 0.25) is 5.78 Å². The second kappa shape index (κ2) is 5.87.